The van der Waals surface area contributed by atoms with E-state index in [0.717, 1.165) is 14.2 Å². The largest absolute Gasteiger partial charge is 0.504 e. The number of hydrogen-bond donors (Lipinski definition) is 2. The second-order valence-corrected chi connectivity index (χ2v) is 15.9. The zero-order valence-electron chi connectivity index (χ0n) is 29.1. The molecule has 0 aromatic heterocycles. The maximum Gasteiger partial charge on any atom is 0.260 e. The SMILES string of the molecule is CCOc1cc(C2C3=CCC4C(=O)N(c5ccc(I)cc5)C(=O)C4C3CC3C(=O)N(Nc4ccc(Cl)cc4Cl)C(=O)C32c2ccc(OC)cc2)ccc1O. The van der Waals surface area contributed by atoms with Gasteiger partial charge >= 0.3 is 0 Å². The van der Waals surface area contributed by atoms with Crippen LogP contribution in [0.3, 0.4) is 0 Å². The van der Waals surface area contributed by atoms with Crippen molar-refractivity contribution in [3.63, 3.8) is 0 Å². The number of nitrogens with one attached hydrogen (secondary N) is 1. The van der Waals surface area contributed by atoms with Crippen molar-refractivity contribution < 1.29 is 33.8 Å². The van der Waals surface area contributed by atoms with Gasteiger partial charge in [-0.15, -0.1) is 0 Å². The van der Waals surface area contributed by atoms with Crippen LogP contribution >= 0.6 is 45.8 Å². The predicted octanol–water partition coefficient (Wildman–Crippen LogP) is 7.90. The van der Waals surface area contributed by atoms with Crippen molar-refractivity contribution in [3.05, 3.63) is 121 Å². The zero-order chi connectivity index (χ0) is 38.1. The third kappa shape index (κ3) is 5.57. The molecule has 2 heterocycles. The second-order valence-electron chi connectivity index (χ2n) is 13.9. The van der Waals surface area contributed by atoms with E-state index in [4.69, 9.17) is 32.7 Å². The fourth-order valence-electron chi connectivity index (χ4n) is 9.04. The van der Waals surface area contributed by atoms with Gasteiger partial charge in [-0.3, -0.25) is 29.5 Å². The number of carbonyl (C=O) groups excluding carboxylic acids is 4. The van der Waals surface area contributed by atoms with Crippen molar-refractivity contribution in [2.75, 3.05) is 24.0 Å². The van der Waals surface area contributed by atoms with Crippen molar-refractivity contribution in [2.24, 2.45) is 23.7 Å². The first-order chi connectivity index (χ1) is 26.0. The minimum atomic E-state index is -1.55. The van der Waals surface area contributed by atoms with Crippen LogP contribution in [-0.4, -0.2) is 47.5 Å². The molecule has 4 amide bonds. The highest BCUT2D eigenvalue weighted by atomic mass is 127. The maximum absolute atomic E-state index is 15.5. The third-order valence-corrected chi connectivity index (χ3v) is 12.5. The van der Waals surface area contributed by atoms with E-state index >= 15 is 4.79 Å². The molecule has 3 fully saturated rings. The van der Waals surface area contributed by atoms with Crippen LogP contribution in [-0.2, 0) is 24.6 Å². The van der Waals surface area contributed by atoms with E-state index in [-0.39, 0.29) is 47.8 Å². The van der Waals surface area contributed by atoms with Crippen LogP contribution in [0, 0.1) is 27.2 Å². The summed E-state index contributed by atoms with van der Waals surface area (Å²) in [5.41, 5.74) is 4.18. The molecule has 4 aromatic rings. The number of ether oxygens (including phenoxy) is 2. The van der Waals surface area contributed by atoms with Gasteiger partial charge in [-0.05, 0) is 126 Å². The number of amides is 4. The minimum Gasteiger partial charge on any atom is -0.504 e. The number of rotatable bonds is 8. The van der Waals surface area contributed by atoms with Crippen LogP contribution in [0.25, 0.3) is 0 Å². The van der Waals surface area contributed by atoms with Gasteiger partial charge < -0.3 is 14.6 Å². The van der Waals surface area contributed by atoms with Gasteiger partial charge in [0.15, 0.2) is 11.5 Å². The Bertz CT molecular complexity index is 2250. The Morgan fingerprint density at radius 2 is 1.65 bits per heavy atom. The second kappa shape index (κ2) is 13.9. The summed E-state index contributed by atoms with van der Waals surface area (Å²) in [5, 5.41) is 12.4. The van der Waals surface area contributed by atoms with Gasteiger partial charge in [0, 0.05) is 14.5 Å². The van der Waals surface area contributed by atoms with Crippen molar-refractivity contribution >= 4 is 80.8 Å². The van der Waals surface area contributed by atoms with E-state index in [2.05, 4.69) is 28.0 Å². The summed E-state index contributed by atoms with van der Waals surface area (Å²) in [6, 6.07) is 23.9. The number of benzene rings is 4. The molecule has 4 aliphatic rings. The number of methoxy groups -OCH3 is 1. The van der Waals surface area contributed by atoms with E-state index in [1.165, 1.54) is 17.0 Å². The Hall–Kier alpha value is -4.59. The summed E-state index contributed by atoms with van der Waals surface area (Å²) in [6.45, 7) is 2.07. The molecule has 2 aliphatic heterocycles. The summed E-state index contributed by atoms with van der Waals surface area (Å²) in [5.74, 6) is -4.79. The number of halogens is 3. The molecule has 2 N–H and O–H groups in total. The molecule has 13 heteroatoms. The summed E-state index contributed by atoms with van der Waals surface area (Å²) in [7, 11) is 1.55. The van der Waals surface area contributed by atoms with Gasteiger partial charge in [0.1, 0.15) is 5.75 Å². The minimum absolute atomic E-state index is 0.0834. The molecule has 6 unspecified atom stereocenters. The van der Waals surface area contributed by atoms with Crippen LogP contribution < -0.4 is 19.8 Å². The van der Waals surface area contributed by atoms with Gasteiger partial charge in [-0.1, -0.05) is 53.1 Å². The molecule has 0 bridgehead atoms. The molecule has 276 valence electrons. The first kappa shape index (κ1) is 36.4. The van der Waals surface area contributed by atoms with Crippen LogP contribution in [0.2, 0.25) is 10.0 Å². The van der Waals surface area contributed by atoms with Crippen LogP contribution in [0.15, 0.2) is 96.6 Å². The van der Waals surface area contributed by atoms with E-state index in [0.29, 0.717) is 33.3 Å². The van der Waals surface area contributed by atoms with E-state index in [9.17, 15) is 19.5 Å². The van der Waals surface area contributed by atoms with Crippen molar-refractivity contribution in [2.45, 2.75) is 31.1 Å². The number of nitrogens with zero attached hydrogens (tertiary/aromatic N) is 2. The Kier molecular flexibility index (Phi) is 9.38. The first-order valence-electron chi connectivity index (χ1n) is 17.5. The molecule has 8 rings (SSSR count). The van der Waals surface area contributed by atoms with E-state index < -0.39 is 46.8 Å². The summed E-state index contributed by atoms with van der Waals surface area (Å²) in [4.78, 5) is 60.3. The summed E-state index contributed by atoms with van der Waals surface area (Å²) >= 11 is 14.9. The standard InChI is InChI=1S/C41H34Cl2IN3O7/c1-3-54-34-18-21(4-17-33(34)48)36-27-14-15-28-35(39(51)46(37(28)49)25-10-8-24(44)9-11-25)29(27)20-30-38(50)47(45-32-16-7-23(42)19-31(32)43)40(52)41(30,36)22-5-12-26(53-2)13-6-22/h4-14,16-19,28-30,35-36,45,48H,3,15,20H2,1-2H3. The summed E-state index contributed by atoms with van der Waals surface area (Å²) in [6.07, 6.45) is 2.36. The van der Waals surface area contributed by atoms with Gasteiger partial charge in [0.2, 0.25) is 11.8 Å². The van der Waals surface area contributed by atoms with Crippen LogP contribution in [0.4, 0.5) is 11.4 Å². The monoisotopic (exact) mass is 877 g/mol. The number of hydrogen-bond acceptors (Lipinski definition) is 8. The molecule has 54 heavy (non-hydrogen) atoms. The lowest BCUT2D eigenvalue weighted by Crippen LogP contribution is -2.53. The summed E-state index contributed by atoms with van der Waals surface area (Å²) < 4.78 is 12.3. The lowest BCUT2D eigenvalue weighted by molar-refractivity contribution is -0.138. The average Bonchev–Trinajstić information content (AvgIpc) is 3.54. The number of allylic oxidation sites excluding steroid dienone is 2. The Balaban J connectivity index is 1.34. The molecule has 0 spiro atoms. The Morgan fingerprint density at radius 1 is 0.907 bits per heavy atom. The number of imide groups is 2. The number of anilines is 2. The highest BCUT2D eigenvalue weighted by molar-refractivity contribution is 14.1. The smallest absolute Gasteiger partial charge is 0.260 e. The number of carbonyl (C=O) groups is 4. The van der Waals surface area contributed by atoms with Gasteiger partial charge in [-0.2, -0.15) is 5.01 Å². The van der Waals surface area contributed by atoms with Crippen molar-refractivity contribution in [1.82, 2.24) is 5.01 Å². The average molecular weight is 879 g/mol. The topological polar surface area (TPSA) is 125 Å². The molecule has 1 saturated carbocycles. The molecule has 10 nitrogen and oxygen atoms in total. The number of fused-ring (bicyclic) bond motifs is 4. The number of hydrazine groups is 1. The third-order valence-electron chi connectivity index (χ3n) is 11.3. The molecule has 2 saturated heterocycles. The fourth-order valence-corrected chi connectivity index (χ4v) is 9.85. The van der Waals surface area contributed by atoms with E-state index in [1.807, 2.05) is 18.2 Å². The molecular formula is C41H34Cl2IN3O7. The quantitative estimate of drug-likeness (QED) is 0.104. The maximum atomic E-state index is 15.5. The van der Waals surface area contributed by atoms with Gasteiger partial charge in [0.25, 0.3) is 11.8 Å². The van der Waals surface area contributed by atoms with Crippen LogP contribution in [0.5, 0.6) is 17.2 Å². The molecule has 6 atom stereocenters. The lowest BCUT2D eigenvalue weighted by atomic mass is 9.49. The highest BCUT2D eigenvalue weighted by Gasteiger charge is 2.70. The fraction of sp³-hybridized carbons (Fsp3) is 0.268. The molecular weight excluding hydrogens is 844 g/mol. The Morgan fingerprint density at radius 3 is 2.33 bits per heavy atom. The number of phenolic OH excluding ortho intramolecular Hbond substituents is 1. The van der Waals surface area contributed by atoms with E-state index in [1.54, 1.807) is 74.7 Å². The molecule has 0 radical (unpaired) electrons. The van der Waals surface area contributed by atoms with Crippen molar-refractivity contribution in [1.29, 1.82) is 0 Å². The van der Waals surface area contributed by atoms with Crippen molar-refractivity contribution in [3.8, 4) is 17.2 Å². The van der Waals surface area contributed by atoms with Gasteiger partial charge in [-0.25, -0.2) is 0 Å². The Labute approximate surface area is 335 Å². The highest BCUT2D eigenvalue weighted by Crippen LogP contribution is 2.64. The zero-order valence-corrected chi connectivity index (χ0v) is 32.8. The molecule has 2 aliphatic carbocycles. The normalized spacial score (nSPS) is 25.9. The number of phenols is 1. The van der Waals surface area contributed by atoms with Crippen LogP contribution in [0.1, 0.15) is 36.8 Å². The lowest BCUT2D eigenvalue weighted by Gasteiger charge is -2.50. The molecule has 4 aromatic carbocycles. The first-order valence-corrected chi connectivity index (χ1v) is 19.4. The predicted molar refractivity (Wildman–Crippen MR) is 212 cm³/mol. The number of aromatic hydroxyl groups is 1. The van der Waals surface area contributed by atoms with Gasteiger partial charge in [0.05, 0.1) is 53.3 Å².